The molecule has 1 atom stereocenters. The molecular weight excluding hydrogens is 246 g/mol. The van der Waals surface area contributed by atoms with Crippen LogP contribution in [0.15, 0.2) is 12.3 Å². The molecule has 0 heterocycles. The van der Waals surface area contributed by atoms with Crippen molar-refractivity contribution in [3.05, 3.63) is 12.3 Å². The summed E-state index contributed by atoms with van der Waals surface area (Å²) in [6.07, 6.45) is 1.78. The molecule has 90 valence electrons. The van der Waals surface area contributed by atoms with Crippen molar-refractivity contribution in [3.63, 3.8) is 0 Å². The fourth-order valence-corrected chi connectivity index (χ4v) is 2.77. The van der Waals surface area contributed by atoms with Crippen molar-refractivity contribution in [2.24, 2.45) is 0 Å². The average molecular weight is 260 g/mol. The molecule has 0 aliphatic heterocycles. The van der Waals surface area contributed by atoms with Gasteiger partial charge >= 0.3 is 15.6 Å². The largest absolute Gasteiger partial charge is 0.538 e. The molecule has 0 fully saturated rings. The van der Waals surface area contributed by atoms with Crippen LogP contribution in [0.1, 0.15) is 20.8 Å². The minimum absolute atomic E-state index is 0.562. The summed E-state index contributed by atoms with van der Waals surface area (Å²) in [4.78, 5) is 17.0. The molecule has 9 heteroatoms. The highest BCUT2D eigenvalue weighted by Gasteiger charge is 2.37. The highest BCUT2D eigenvalue weighted by Crippen LogP contribution is 2.61. The predicted octanol–water partition coefficient (Wildman–Crippen LogP) is 2.18. The standard InChI is InChI=1S/C6H14O7P2/c1-4-5-11-15(10,12-6(2)3)13-14(7,8)9/h4-6H,1-3H3,(H2,7,8,9). The Hall–Kier alpha value is -0.160. The maximum Gasteiger partial charge on any atom is 0.538 e. The van der Waals surface area contributed by atoms with Crippen molar-refractivity contribution in [3.8, 4) is 0 Å². The van der Waals surface area contributed by atoms with Gasteiger partial charge in [0.05, 0.1) is 12.4 Å². The number of hydrogen-bond donors (Lipinski definition) is 2. The maximum absolute atomic E-state index is 11.6. The molecule has 0 aliphatic rings. The quantitative estimate of drug-likeness (QED) is 0.557. The first-order valence-electron chi connectivity index (χ1n) is 4.03. The van der Waals surface area contributed by atoms with Crippen LogP contribution in [0.5, 0.6) is 0 Å². The zero-order valence-corrected chi connectivity index (χ0v) is 10.4. The van der Waals surface area contributed by atoms with Crippen LogP contribution in [-0.2, 0) is 22.5 Å². The third-order valence-corrected chi connectivity index (χ3v) is 3.58. The first-order chi connectivity index (χ1) is 6.68. The van der Waals surface area contributed by atoms with Gasteiger partial charge in [-0.05, 0) is 20.8 Å². The average Bonchev–Trinajstić information content (AvgIpc) is 1.95. The van der Waals surface area contributed by atoms with E-state index in [0.29, 0.717) is 0 Å². The lowest BCUT2D eigenvalue weighted by Crippen LogP contribution is -2.03. The summed E-state index contributed by atoms with van der Waals surface area (Å²) in [5.41, 5.74) is 0. The smallest absolute Gasteiger partial charge is 0.412 e. The zero-order chi connectivity index (χ0) is 12.1. The molecule has 0 aromatic heterocycles. The van der Waals surface area contributed by atoms with Crippen molar-refractivity contribution < 1.29 is 32.3 Å². The Balaban J connectivity index is 4.70. The lowest BCUT2D eigenvalue weighted by Gasteiger charge is -2.18. The normalized spacial score (nSPS) is 16.9. The van der Waals surface area contributed by atoms with E-state index in [2.05, 4.69) is 13.4 Å². The second-order valence-electron chi connectivity index (χ2n) is 2.75. The SMILES string of the molecule is CC=COP(=O)(OC(C)C)OP(=O)(O)O. The number of phosphoric ester groups is 1. The molecule has 0 spiro atoms. The summed E-state index contributed by atoms with van der Waals surface area (Å²) in [6.45, 7) is 4.61. The minimum Gasteiger partial charge on any atom is -0.412 e. The molecule has 0 saturated carbocycles. The third-order valence-electron chi connectivity index (χ3n) is 0.872. The first kappa shape index (κ1) is 14.8. The van der Waals surface area contributed by atoms with E-state index >= 15 is 0 Å². The van der Waals surface area contributed by atoms with E-state index in [9.17, 15) is 9.13 Å². The zero-order valence-electron chi connectivity index (χ0n) is 8.56. The van der Waals surface area contributed by atoms with Crippen LogP contribution in [0.2, 0.25) is 0 Å². The Morgan fingerprint density at radius 1 is 1.27 bits per heavy atom. The van der Waals surface area contributed by atoms with E-state index in [-0.39, 0.29) is 0 Å². The van der Waals surface area contributed by atoms with Crippen LogP contribution in [0, 0.1) is 0 Å². The monoisotopic (exact) mass is 260 g/mol. The van der Waals surface area contributed by atoms with Crippen LogP contribution in [0.4, 0.5) is 0 Å². The Labute approximate surface area is 87.9 Å². The molecule has 0 amide bonds. The molecule has 0 rings (SSSR count). The van der Waals surface area contributed by atoms with Gasteiger partial charge in [-0.3, -0.25) is 4.52 Å². The van der Waals surface area contributed by atoms with E-state index < -0.39 is 21.7 Å². The Morgan fingerprint density at radius 3 is 2.13 bits per heavy atom. The fraction of sp³-hybridized carbons (Fsp3) is 0.667. The van der Waals surface area contributed by atoms with Crippen LogP contribution >= 0.6 is 15.6 Å². The van der Waals surface area contributed by atoms with E-state index in [1.54, 1.807) is 6.92 Å². The van der Waals surface area contributed by atoms with E-state index in [1.807, 2.05) is 0 Å². The van der Waals surface area contributed by atoms with Gasteiger partial charge in [-0.1, -0.05) is 6.08 Å². The molecule has 0 saturated heterocycles. The van der Waals surface area contributed by atoms with Gasteiger partial charge < -0.3 is 14.3 Å². The van der Waals surface area contributed by atoms with Crippen LogP contribution in [0.25, 0.3) is 0 Å². The van der Waals surface area contributed by atoms with Gasteiger partial charge in [0.25, 0.3) is 0 Å². The summed E-state index contributed by atoms with van der Waals surface area (Å²) in [5, 5.41) is 0. The molecule has 0 aromatic carbocycles. The fourth-order valence-electron chi connectivity index (χ4n) is 0.587. The lowest BCUT2D eigenvalue weighted by molar-refractivity contribution is 0.140. The number of allylic oxidation sites excluding steroid dienone is 1. The van der Waals surface area contributed by atoms with Crippen molar-refractivity contribution in [2.45, 2.75) is 26.9 Å². The van der Waals surface area contributed by atoms with Crippen molar-refractivity contribution in [2.75, 3.05) is 0 Å². The maximum atomic E-state index is 11.6. The van der Waals surface area contributed by atoms with E-state index in [4.69, 9.17) is 9.79 Å². The Kier molecular flexibility index (Phi) is 5.73. The van der Waals surface area contributed by atoms with Gasteiger partial charge in [-0.25, -0.2) is 9.13 Å². The third kappa shape index (κ3) is 7.73. The Bertz CT molecular complexity index is 305. The molecule has 0 aromatic rings. The van der Waals surface area contributed by atoms with Gasteiger partial charge in [0.15, 0.2) is 0 Å². The van der Waals surface area contributed by atoms with Gasteiger partial charge in [-0.2, -0.15) is 4.31 Å². The molecule has 7 nitrogen and oxygen atoms in total. The highest BCUT2D eigenvalue weighted by atomic mass is 31.3. The summed E-state index contributed by atoms with van der Waals surface area (Å²) in [7, 11) is -9.19. The van der Waals surface area contributed by atoms with E-state index in [1.165, 1.54) is 19.9 Å². The lowest BCUT2D eigenvalue weighted by atomic mass is 10.5. The van der Waals surface area contributed by atoms with Crippen LogP contribution in [-0.4, -0.2) is 15.9 Å². The number of hydrogen-bond acceptors (Lipinski definition) is 5. The topological polar surface area (TPSA) is 102 Å². The summed E-state index contributed by atoms with van der Waals surface area (Å²) >= 11 is 0. The molecular formula is C6H14O7P2. The van der Waals surface area contributed by atoms with Crippen LogP contribution in [0.3, 0.4) is 0 Å². The molecule has 0 aliphatic carbocycles. The summed E-state index contributed by atoms with van der Waals surface area (Å²) in [5.74, 6) is 0. The summed E-state index contributed by atoms with van der Waals surface area (Å²) < 4.78 is 35.2. The number of rotatable bonds is 6. The molecule has 0 radical (unpaired) electrons. The van der Waals surface area contributed by atoms with E-state index in [0.717, 1.165) is 6.26 Å². The van der Waals surface area contributed by atoms with Gasteiger partial charge in [0.2, 0.25) is 0 Å². The molecule has 2 N–H and O–H groups in total. The van der Waals surface area contributed by atoms with Gasteiger partial charge in [0, 0.05) is 0 Å². The molecule has 1 unspecified atom stereocenters. The first-order valence-corrected chi connectivity index (χ1v) is 7.02. The second kappa shape index (κ2) is 5.80. The highest BCUT2D eigenvalue weighted by molar-refractivity contribution is 7.61. The molecule has 0 bridgehead atoms. The second-order valence-corrected chi connectivity index (χ2v) is 5.70. The molecule has 15 heavy (non-hydrogen) atoms. The minimum atomic E-state index is -4.93. The van der Waals surface area contributed by atoms with Crippen molar-refractivity contribution in [1.82, 2.24) is 0 Å². The van der Waals surface area contributed by atoms with Gasteiger partial charge in [0.1, 0.15) is 0 Å². The number of phosphoric acid groups is 2. The predicted molar refractivity (Wildman–Crippen MR) is 52.9 cm³/mol. The van der Waals surface area contributed by atoms with Crippen LogP contribution < -0.4 is 0 Å². The van der Waals surface area contributed by atoms with Crippen molar-refractivity contribution >= 4 is 15.6 Å². The van der Waals surface area contributed by atoms with Gasteiger partial charge in [-0.15, -0.1) is 0 Å². The Morgan fingerprint density at radius 2 is 1.80 bits per heavy atom. The van der Waals surface area contributed by atoms with Crippen molar-refractivity contribution in [1.29, 1.82) is 0 Å². The summed E-state index contributed by atoms with van der Waals surface area (Å²) in [6, 6.07) is 0.